The lowest BCUT2D eigenvalue weighted by Gasteiger charge is -2.22. The summed E-state index contributed by atoms with van der Waals surface area (Å²) >= 11 is 32.6. The van der Waals surface area contributed by atoms with E-state index < -0.39 is 45.2 Å². The van der Waals surface area contributed by atoms with E-state index in [-0.39, 0.29) is 87.6 Å². The summed E-state index contributed by atoms with van der Waals surface area (Å²) in [7, 11) is 5.20. The van der Waals surface area contributed by atoms with Crippen molar-refractivity contribution < 1.29 is 115 Å². The highest BCUT2D eigenvalue weighted by molar-refractivity contribution is 9.09. The summed E-state index contributed by atoms with van der Waals surface area (Å²) in [5.74, 6) is 0.954. The zero-order chi connectivity index (χ0) is 96.5. The number of carbonyl (C=O) groups excluding carboxylic acids is 8. The number of halogens is 7. The van der Waals surface area contributed by atoms with Crippen LogP contribution in [0.5, 0.6) is 69.0 Å². The number of benzene rings is 13. The number of hydroxylamine groups is 1. The molecule has 688 valence electrons. The molecular formula is C96H75BrCl5FN6O25. The largest absolute Gasteiger partial charge is 0.507 e. The molecule has 4 amide bonds. The number of fused-ring (bicyclic) bond motifs is 6. The van der Waals surface area contributed by atoms with Crippen LogP contribution in [0.3, 0.4) is 0 Å². The number of carbonyl (C=O) groups is 8. The number of amides is 4. The predicted octanol–water partition coefficient (Wildman–Crippen LogP) is 22.6. The molecule has 0 bridgehead atoms. The smallest absolute Gasteiger partial charge is 0.341 e. The summed E-state index contributed by atoms with van der Waals surface area (Å²) in [6, 6.07) is 76.0. The summed E-state index contributed by atoms with van der Waals surface area (Å²) in [5.41, 5.74) is 5.64. The number of hydrogen-bond acceptors (Lipinski definition) is 25. The summed E-state index contributed by atoms with van der Waals surface area (Å²) in [5, 5.41) is 44.4. The summed E-state index contributed by atoms with van der Waals surface area (Å²) in [6.07, 6.45) is 0. The molecule has 3 aliphatic rings. The molecule has 0 aromatic heterocycles. The van der Waals surface area contributed by atoms with Gasteiger partial charge in [0.05, 0.1) is 103 Å². The van der Waals surface area contributed by atoms with Gasteiger partial charge in [0, 0.05) is 72.4 Å². The molecule has 13 aromatic carbocycles. The Kier molecular flexibility index (Phi) is 37.3. The predicted molar refractivity (Wildman–Crippen MR) is 500 cm³/mol. The van der Waals surface area contributed by atoms with Gasteiger partial charge in [-0.3, -0.25) is 44.6 Å². The lowest BCUT2D eigenvalue weighted by Crippen LogP contribution is -2.34. The van der Waals surface area contributed by atoms with Gasteiger partial charge in [-0.15, -0.1) is 0 Å². The monoisotopic (exact) mass is 1980 g/mol. The van der Waals surface area contributed by atoms with Gasteiger partial charge in [-0.05, 0) is 188 Å². The third-order valence-corrected chi connectivity index (χ3v) is 20.0. The van der Waals surface area contributed by atoms with E-state index in [4.69, 9.17) is 101 Å². The second kappa shape index (κ2) is 49.6. The number of phenols is 1. The third kappa shape index (κ3) is 27.9. The Hall–Kier alpha value is -15.4. The van der Waals surface area contributed by atoms with Gasteiger partial charge < -0.3 is 72.3 Å². The molecule has 3 heterocycles. The van der Waals surface area contributed by atoms with Crippen LogP contribution >= 0.6 is 73.9 Å². The molecule has 0 saturated carbocycles. The van der Waals surface area contributed by atoms with Crippen molar-refractivity contribution in [2.24, 2.45) is 0 Å². The van der Waals surface area contributed by atoms with Gasteiger partial charge in [-0.1, -0.05) is 135 Å². The minimum atomic E-state index is -0.914. The van der Waals surface area contributed by atoms with Gasteiger partial charge in [-0.25, -0.2) is 24.7 Å². The van der Waals surface area contributed by atoms with Crippen LogP contribution in [0.2, 0.25) is 25.1 Å². The highest BCUT2D eigenvalue weighted by Crippen LogP contribution is 2.44. The standard InChI is InChI=1S/C23H18ClNO5.C22H17ClN2O5.C14H10ClNO5.C13H8ClNO2.C10H11BrO3.C8H8O3.C6H3ClFNO2/c1-28-23(27)15-6-9-17(10-7-15)29-13-12-25-19-11-8-16(24)14-21(19)30-20-5-3-2-4-18(20)22(25)26;23-15-7-10-18-20(13-15)30-19-4-2-1-3-17(19)22(27)25(18)11-12-29-16-8-5-14(6-9-16)21(26)24-28;1-20-14(17)10-4-2-3-5-12(10)21-13-8-9(15)6-7-11(13)16(18)19;14-8-5-6-10-12(7-8)17-11-4-2-1-3-9(11)13(16)15-10;1-13-10(12)8-2-4-9(5-3-8)14-7-6-11;1-11-8(10)6-4-2-3-5-7(6)9;7-4-1-2-6(9(10)11)5(8)3-4/h2-11,14H,12-13H2,1H3;1-10,13,28H,11-12H2,(H,24,26);2-8H,1H3;1-7H,(H,15,16);2-5H,6-7H2,1H3;2-5,9H,1H3;1-3H. The van der Waals surface area contributed by atoms with E-state index in [1.165, 1.54) is 89.1 Å². The Morgan fingerprint density at radius 3 is 1.27 bits per heavy atom. The molecule has 0 unspecified atom stereocenters. The number of rotatable bonds is 20. The van der Waals surface area contributed by atoms with Crippen molar-refractivity contribution in [2.45, 2.75) is 0 Å². The number of nitro benzene ring substituents is 2. The van der Waals surface area contributed by atoms with Crippen molar-refractivity contribution in [3.05, 3.63) is 381 Å². The molecule has 16 rings (SSSR count). The van der Waals surface area contributed by atoms with Crippen molar-refractivity contribution in [1.82, 2.24) is 5.48 Å². The van der Waals surface area contributed by atoms with Crippen LogP contribution in [-0.2, 0) is 18.9 Å². The SMILES string of the molecule is COC(=O)c1ccc(OCCBr)cc1.COC(=O)c1ccc(OCCN2C(=O)c3ccccc3Oc3cc(Cl)ccc32)cc1.COC(=O)c1ccccc1O.COC(=O)c1ccccc1Oc1cc(Cl)ccc1[N+](=O)[O-].O=C(NO)c1ccc(OCCN2C(=O)c3ccccc3Oc3cc(Cl)ccc32)cc1.O=C1Nc2ccc(Cl)cc2Oc2ccccc21.O=[N+]([O-])c1ccc(Cl)cc1F. The number of anilines is 3. The minimum absolute atomic E-state index is 0.0520. The molecule has 38 heteroatoms. The highest BCUT2D eigenvalue weighted by atomic mass is 79.9. The first kappa shape index (κ1) is 101. The van der Waals surface area contributed by atoms with E-state index >= 15 is 0 Å². The first-order valence-electron chi connectivity index (χ1n) is 39.3. The average Bonchev–Trinajstić information content (AvgIpc) is 1.66. The quantitative estimate of drug-likeness (QED) is 0.0137. The second-order valence-corrected chi connectivity index (χ2v) is 30.1. The zero-order valence-corrected chi connectivity index (χ0v) is 76.0. The lowest BCUT2D eigenvalue weighted by atomic mass is 10.1. The van der Waals surface area contributed by atoms with Gasteiger partial charge >= 0.3 is 35.3 Å². The van der Waals surface area contributed by atoms with E-state index in [0.29, 0.717) is 125 Å². The van der Waals surface area contributed by atoms with Crippen LogP contribution in [0.25, 0.3) is 0 Å². The average molecular weight is 1990 g/mol. The van der Waals surface area contributed by atoms with E-state index in [1.807, 2.05) is 12.1 Å². The Balaban J connectivity index is 0.000000167. The number of nitrogens with one attached hydrogen (secondary N) is 2. The normalized spacial score (nSPS) is 11.3. The van der Waals surface area contributed by atoms with Crippen molar-refractivity contribution in [3.8, 4) is 69.0 Å². The van der Waals surface area contributed by atoms with E-state index in [2.05, 4.69) is 40.2 Å². The van der Waals surface area contributed by atoms with Gasteiger partial charge in [-0.2, -0.15) is 4.39 Å². The fourth-order valence-corrected chi connectivity index (χ4v) is 13.0. The van der Waals surface area contributed by atoms with E-state index in [1.54, 1.807) is 215 Å². The number of ether oxygens (including phenoxy) is 11. The molecule has 0 spiro atoms. The van der Waals surface area contributed by atoms with Crippen molar-refractivity contribution in [1.29, 1.82) is 0 Å². The molecule has 0 fully saturated rings. The Morgan fingerprint density at radius 1 is 0.425 bits per heavy atom. The lowest BCUT2D eigenvalue weighted by molar-refractivity contribution is -0.387. The molecular weight excluding hydrogens is 1910 g/mol. The number of alkyl halides is 1. The third-order valence-electron chi connectivity index (χ3n) is 18.5. The van der Waals surface area contributed by atoms with Crippen LogP contribution in [0.1, 0.15) is 82.9 Å². The van der Waals surface area contributed by atoms with Gasteiger partial charge in [0.1, 0.15) is 70.3 Å². The fraction of sp³-hybridized carbons (Fsp3) is 0.104. The summed E-state index contributed by atoms with van der Waals surface area (Å²) in [6.45, 7) is 1.63. The fourth-order valence-electron chi connectivity index (χ4n) is 12.1. The Bertz CT molecular complexity index is 6250. The molecule has 0 saturated heterocycles. The number of nitro groups is 2. The van der Waals surface area contributed by atoms with Gasteiger partial charge in [0.15, 0.2) is 17.2 Å². The van der Waals surface area contributed by atoms with Gasteiger partial charge in [0.2, 0.25) is 11.6 Å². The zero-order valence-electron chi connectivity index (χ0n) is 70.6. The number of para-hydroxylation sites is 5. The number of methoxy groups -OCH3 is 4. The number of esters is 4. The second-order valence-electron chi connectivity index (χ2n) is 27.1. The molecule has 13 aromatic rings. The van der Waals surface area contributed by atoms with E-state index in [0.717, 1.165) is 23.2 Å². The number of phenolic OH excluding ortho intramolecular Hbond substituents is 1. The van der Waals surface area contributed by atoms with Crippen LogP contribution in [0, 0.1) is 26.0 Å². The number of aromatic hydroxyl groups is 1. The van der Waals surface area contributed by atoms with Crippen molar-refractivity contribution in [3.63, 3.8) is 0 Å². The first-order valence-corrected chi connectivity index (χ1v) is 42.3. The minimum Gasteiger partial charge on any atom is -0.507 e. The van der Waals surface area contributed by atoms with E-state index in [9.17, 15) is 63.0 Å². The molecule has 31 nitrogen and oxygen atoms in total. The van der Waals surface area contributed by atoms with Crippen molar-refractivity contribution in [2.75, 3.05) is 81.8 Å². The van der Waals surface area contributed by atoms with Crippen LogP contribution in [-0.4, -0.2) is 134 Å². The number of nitrogens with zero attached hydrogens (tertiary/aromatic N) is 4. The molecule has 0 aliphatic carbocycles. The summed E-state index contributed by atoms with van der Waals surface area (Å²) in [4.78, 5) is 118. The Morgan fingerprint density at radius 2 is 0.806 bits per heavy atom. The van der Waals surface area contributed by atoms with Crippen LogP contribution in [0.15, 0.2) is 285 Å². The molecule has 0 radical (unpaired) electrons. The van der Waals surface area contributed by atoms with Crippen LogP contribution < -0.4 is 53.8 Å². The first-order chi connectivity index (χ1) is 64.5. The van der Waals surface area contributed by atoms with Crippen molar-refractivity contribution >= 4 is 150 Å². The molecule has 4 N–H and O–H groups in total. The Labute approximate surface area is 796 Å². The van der Waals surface area contributed by atoms with Crippen LogP contribution in [0.4, 0.5) is 32.8 Å². The van der Waals surface area contributed by atoms with Gasteiger partial charge in [0.25, 0.3) is 23.6 Å². The topological polar surface area (TPSA) is 395 Å². The maximum Gasteiger partial charge on any atom is 0.341 e. The summed E-state index contributed by atoms with van der Waals surface area (Å²) < 4.78 is 70.8. The maximum atomic E-state index is 13.2. The highest BCUT2D eigenvalue weighted by Gasteiger charge is 2.31. The number of hydrogen-bond donors (Lipinski definition) is 4. The molecule has 3 aliphatic heterocycles. The maximum absolute atomic E-state index is 13.2. The molecule has 0 atom stereocenters. The molecule has 134 heavy (non-hydrogen) atoms.